The lowest BCUT2D eigenvalue weighted by Crippen LogP contribution is -2.54. The van der Waals surface area contributed by atoms with Crippen molar-refractivity contribution in [2.75, 3.05) is 26.2 Å². The number of aromatic nitrogens is 2. The van der Waals surface area contributed by atoms with Gasteiger partial charge in [-0.15, -0.1) is 0 Å². The van der Waals surface area contributed by atoms with E-state index in [9.17, 15) is 19.2 Å². The minimum atomic E-state index is -0.433. The number of fused-ring (bicyclic) bond motifs is 1. The highest BCUT2D eigenvalue weighted by Gasteiger charge is 2.33. The summed E-state index contributed by atoms with van der Waals surface area (Å²) in [4.78, 5) is 56.4. The number of nitrogens with zero attached hydrogens (tertiary/aromatic N) is 2. The molecule has 9 heteroatoms. The monoisotopic (exact) mass is 357 g/mol. The van der Waals surface area contributed by atoms with E-state index < -0.39 is 6.04 Å². The average molecular weight is 357 g/mol. The van der Waals surface area contributed by atoms with Crippen LogP contribution < -0.4 is 11.0 Å². The maximum atomic E-state index is 12.7. The third kappa shape index (κ3) is 2.96. The Bertz CT molecular complexity index is 938. The largest absolute Gasteiger partial charge is 0.344 e. The minimum Gasteiger partial charge on any atom is -0.344 e. The lowest BCUT2D eigenvalue weighted by atomic mass is 10.1. The molecule has 3 amide bonds. The Morgan fingerprint density at radius 1 is 0.962 bits per heavy atom. The summed E-state index contributed by atoms with van der Waals surface area (Å²) >= 11 is 0. The fourth-order valence-electron chi connectivity index (χ4n) is 3.50. The predicted octanol–water partition coefficient (Wildman–Crippen LogP) is -0.581. The van der Waals surface area contributed by atoms with Crippen molar-refractivity contribution in [3.05, 3.63) is 34.2 Å². The lowest BCUT2D eigenvalue weighted by molar-refractivity contribution is -0.135. The number of carbonyl (C=O) groups excluding carboxylic acids is 3. The topological polar surface area (TPSA) is 118 Å². The van der Waals surface area contributed by atoms with Crippen LogP contribution in [0, 0.1) is 0 Å². The standard InChI is InChI=1S/C17H19N5O4/c23-14-4-3-12(18-14)16(25)22-7-5-21(6-8-22)15(24)10-1-2-11-13(9-10)20-17(26)19-11/h1-2,9,12H,3-8H2,(H,18,23)(H2,19,20,26). The molecule has 2 aliphatic rings. The summed E-state index contributed by atoms with van der Waals surface area (Å²) in [7, 11) is 0. The molecule has 3 heterocycles. The van der Waals surface area contributed by atoms with E-state index in [0.29, 0.717) is 55.6 Å². The maximum absolute atomic E-state index is 12.7. The normalized spacial score (nSPS) is 20.5. The van der Waals surface area contributed by atoms with Gasteiger partial charge in [0.15, 0.2) is 0 Å². The Kier molecular flexibility index (Phi) is 3.98. The van der Waals surface area contributed by atoms with Crippen LogP contribution in [0.2, 0.25) is 0 Å². The van der Waals surface area contributed by atoms with Gasteiger partial charge in [-0.05, 0) is 24.6 Å². The Morgan fingerprint density at radius 2 is 1.65 bits per heavy atom. The number of hydrogen-bond donors (Lipinski definition) is 3. The SMILES string of the molecule is O=C1CCC(C(=O)N2CCN(C(=O)c3ccc4[nH]c(=O)[nH]c4c3)CC2)N1. The summed E-state index contributed by atoms with van der Waals surface area (Å²) in [6.45, 7) is 1.76. The Labute approximate surface area is 148 Å². The van der Waals surface area contributed by atoms with Crippen molar-refractivity contribution in [2.24, 2.45) is 0 Å². The molecular formula is C17H19N5O4. The van der Waals surface area contributed by atoms with Gasteiger partial charge in [0, 0.05) is 38.2 Å². The van der Waals surface area contributed by atoms with Gasteiger partial charge in [-0.2, -0.15) is 0 Å². The van der Waals surface area contributed by atoms with Gasteiger partial charge in [0.1, 0.15) is 6.04 Å². The van der Waals surface area contributed by atoms with Crippen LogP contribution >= 0.6 is 0 Å². The van der Waals surface area contributed by atoms with Crippen molar-refractivity contribution >= 4 is 28.8 Å². The minimum absolute atomic E-state index is 0.0748. The summed E-state index contributed by atoms with van der Waals surface area (Å²) in [5.41, 5.74) is 1.43. The molecule has 0 bridgehead atoms. The van der Waals surface area contributed by atoms with Crippen LogP contribution in [0.1, 0.15) is 23.2 Å². The molecule has 1 atom stereocenters. The van der Waals surface area contributed by atoms with Gasteiger partial charge in [0.05, 0.1) is 11.0 Å². The molecule has 1 aromatic heterocycles. The van der Waals surface area contributed by atoms with E-state index in [4.69, 9.17) is 0 Å². The first-order chi connectivity index (χ1) is 12.5. The van der Waals surface area contributed by atoms with Crippen molar-refractivity contribution in [3.63, 3.8) is 0 Å². The van der Waals surface area contributed by atoms with Crippen molar-refractivity contribution in [1.82, 2.24) is 25.1 Å². The highest BCUT2D eigenvalue weighted by Crippen LogP contribution is 2.15. The molecule has 0 aliphatic carbocycles. The summed E-state index contributed by atoms with van der Waals surface area (Å²) in [5.74, 6) is -0.292. The molecular weight excluding hydrogens is 338 g/mol. The van der Waals surface area contributed by atoms with E-state index in [1.807, 2.05) is 0 Å². The number of benzene rings is 1. The quantitative estimate of drug-likeness (QED) is 0.666. The number of piperazine rings is 1. The van der Waals surface area contributed by atoms with Crippen LogP contribution in [0.3, 0.4) is 0 Å². The highest BCUT2D eigenvalue weighted by atomic mass is 16.2. The lowest BCUT2D eigenvalue weighted by Gasteiger charge is -2.36. The second-order valence-corrected chi connectivity index (χ2v) is 6.62. The van der Waals surface area contributed by atoms with Crippen LogP contribution in [0.5, 0.6) is 0 Å². The van der Waals surface area contributed by atoms with Gasteiger partial charge < -0.3 is 25.1 Å². The number of aromatic amines is 2. The predicted molar refractivity (Wildman–Crippen MR) is 92.6 cm³/mol. The molecule has 1 aromatic carbocycles. The van der Waals surface area contributed by atoms with E-state index in [0.717, 1.165) is 0 Å². The fraction of sp³-hybridized carbons (Fsp3) is 0.412. The molecule has 0 radical (unpaired) electrons. The second kappa shape index (κ2) is 6.32. The van der Waals surface area contributed by atoms with Crippen molar-refractivity contribution in [2.45, 2.75) is 18.9 Å². The second-order valence-electron chi connectivity index (χ2n) is 6.62. The molecule has 26 heavy (non-hydrogen) atoms. The zero-order valence-electron chi connectivity index (χ0n) is 14.1. The summed E-state index contributed by atoms with van der Waals surface area (Å²) in [6, 6.07) is 4.60. The Balaban J connectivity index is 1.40. The first-order valence-electron chi connectivity index (χ1n) is 8.61. The first-order valence-corrected chi connectivity index (χ1v) is 8.61. The number of amides is 3. The highest BCUT2D eigenvalue weighted by molar-refractivity contribution is 5.97. The summed E-state index contributed by atoms with van der Waals surface area (Å²) in [6.07, 6.45) is 0.921. The number of H-pyrrole nitrogens is 2. The molecule has 2 fully saturated rings. The van der Waals surface area contributed by atoms with Gasteiger partial charge in [0.25, 0.3) is 5.91 Å². The van der Waals surface area contributed by atoms with Crippen molar-refractivity contribution < 1.29 is 14.4 Å². The molecule has 2 aromatic rings. The molecule has 2 saturated heterocycles. The number of nitrogens with one attached hydrogen (secondary N) is 3. The molecule has 0 spiro atoms. The van der Waals surface area contributed by atoms with Crippen LogP contribution in [-0.4, -0.2) is 69.7 Å². The third-order valence-corrected chi connectivity index (χ3v) is 4.93. The van der Waals surface area contributed by atoms with Crippen LogP contribution in [-0.2, 0) is 9.59 Å². The van der Waals surface area contributed by atoms with Crippen molar-refractivity contribution in [1.29, 1.82) is 0 Å². The third-order valence-electron chi connectivity index (χ3n) is 4.93. The van der Waals surface area contributed by atoms with E-state index in [1.54, 1.807) is 28.0 Å². The van der Waals surface area contributed by atoms with Gasteiger partial charge in [-0.1, -0.05) is 0 Å². The van der Waals surface area contributed by atoms with Crippen LogP contribution in [0.4, 0.5) is 0 Å². The zero-order chi connectivity index (χ0) is 18.3. The molecule has 9 nitrogen and oxygen atoms in total. The van der Waals surface area contributed by atoms with Gasteiger partial charge in [0.2, 0.25) is 11.8 Å². The molecule has 0 saturated carbocycles. The zero-order valence-corrected chi connectivity index (χ0v) is 14.1. The molecule has 4 rings (SSSR count). The summed E-state index contributed by atoms with van der Waals surface area (Å²) < 4.78 is 0. The van der Waals surface area contributed by atoms with E-state index >= 15 is 0 Å². The van der Waals surface area contributed by atoms with E-state index in [1.165, 1.54) is 0 Å². The maximum Gasteiger partial charge on any atom is 0.323 e. The van der Waals surface area contributed by atoms with Gasteiger partial charge in [-0.25, -0.2) is 4.79 Å². The molecule has 2 aliphatic heterocycles. The number of carbonyl (C=O) groups is 3. The number of imidazole rings is 1. The molecule has 136 valence electrons. The number of rotatable bonds is 2. The van der Waals surface area contributed by atoms with Crippen LogP contribution in [0.25, 0.3) is 11.0 Å². The Hall–Kier alpha value is -3.10. The molecule has 3 N–H and O–H groups in total. The smallest absolute Gasteiger partial charge is 0.323 e. The molecule has 1 unspecified atom stereocenters. The Morgan fingerprint density at radius 3 is 2.35 bits per heavy atom. The van der Waals surface area contributed by atoms with Crippen molar-refractivity contribution in [3.8, 4) is 0 Å². The average Bonchev–Trinajstić information content (AvgIpc) is 3.24. The van der Waals surface area contributed by atoms with E-state index in [-0.39, 0.29) is 23.4 Å². The summed E-state index contributed by atoms with van der Waals surface area (Å²) in [5, 5.41) is 2.69. The number of hydrogen-bond acceptors (Lipinski definition) is 4. The fourth-order valence-corrected chi connectivity index (χ4v) is 3.50. The first kappa shape index (κ1) is 16.4. The van der Waals surface area contributed by atoms with Gasteiger partial charge in [-0.3, -0.25) is 14.4 Å². The van der Waals surface area contributed by atoms with Gasteiger partial charge >= 0.3 is 5.69 Å². The van der Waals surface area contributed by atoms with E-state index in [2.05, 4.69) is 15.3 Å². The van der Waals surface area contributed by atoms with Crippen LogP contribution in [0.15, 0.2) is 23.0 Å².